The average Bonchev–Trinajstić information content (AvgIpc) is 3.26. The minimum Gasteiger partial charge on any atom is -0.475 e. The molecule has 0 amide bonds. The molecular weight excluding hydrogens is 608 g/mol. The van der Waals surface area contributed by atoms with E-state index in [1.807, 2.05) is 48.5 Å². The molecular formula is C23H25F6N5OPRu. The van der Waals surface area contributed by atoms with Crippen molar-refractivity contribution >= 4 is 13.7 Å². The van der Waals surface area contributed by atoms with Gasteiger partial charge in [0.05, 0.1) is 24.3 Å². The molecule has 2 aromatic carbocycles. The van der Waals surface area contributed by atoms with Crippen molar-refractivity contribution in [2.75, 3.05) is 6.61 Å². The molecule has 0 fully saturated rings. The summed E-state index contributed by atoms with van der Waals surface area (Å²) < 4.78 is 64.9. The summed E-state index contributed by atoms with van der Waals surface area (Å²) in [5.41, 5.74) is 2.25. The van der Waals surface area contributed by atoms with Crippen LogP contribution in [0.15, 0.2) is 65.7 Å². The van der Waals surface area contributed by atoms with Crippen LogP contribution in [0.2, 0.25) is 0 Å². The summed E-state index contributed by atoms with van der Waals surface area (Å²) in [5.74, 6) is 0.749. The first-order valence-electron chi connectivity index (χ1n) is 9.65. The standard InChI is InChI=1S/C15H13NO.4C2H3N.F6P.Ru/c1-3-7-12(8-4-1)14-11-17-15(16-14)13-9-5-2-6-10-13;4*1-2-3;1-7(2,3,4,5)6;/h1-10,14H,11H2;4*1H3;;/q;;;;;-1;+1/t14-;;;;;;/m1....../s1. The third-order valence-electron chi connectivity index (χ3n) is 2.86. The van der Waals surface area contributed by atoms with Crippen LogP contribution >= 0.6 is 7.81 Å². The molecule has 1 heterocycles. The van der Waals surface area contributed by atoms with Crippen LogP contribution in [0.25, 0.3) is 0 Å². The summed E-state index contributed by atoms with van der Waals surface area (Å²) in [6, 6.07) is 27.4. The Balaban J connectivity index is -0.000000229. The molecule has 37 heavy (non-hydrogen) atoms. The van der Waals surface area contributed by atoms with Gasteiger partial charge in [-0.2, -0.15) is 21.0 Å². The second-order valence-electron chi connectivity index (χ2n) is 5.89. The summed E-state index contributed by atoms with van der Waals surface area (Å²) in [4.78, 5) is 4.62. The van der Waals surface area contributed by atoms with Crippen molar-refractivity contribution in [3.05, 3.63) is 71.8 Å². The van der Waals surface area contributed by atoms with E-state index < -0.39 is 7.81 Å². The fourth-order valence-corrected chi connectivity index (χ4v) is 1.96. The van der Waals surface area contributed by atoms with E-state index in [-0.39, 0.29) is 25.5 Å². The van der Waals surface area contributed by atoms with Gasteiger partial charge in [0.15, 0.2) is 0 Å². The summed E-state index contributed by atoms with van der Waals surface area (Å²) in [5, 5.41) is 29.3. The fourth-order valence-electron chi connectivity index (χ4n) is 1.96. The first-order chi connectivity index (χ1) is 16.5. The van der Waals surface area contributed by atoms with Gasteiger partial charge in [0, 0.05) is 33.3 Å². The molecule has 0 saturated carbocycles. The van der Waals surface area contributed by atoms with Crippen molar-refractivity contribution < 1.29 is 49.4 Å². The smallest absolute Gasteiger partial charge is 0.475 e. The Bertz CT molecular complexity index is 1010. The topological polar surface area (TPSA) is 117 Å². The number of nitriles is 4. The van der Waals surface area contributed by atoms with Crippen LogP contribution in [-0.4, -0.2) is 12.5 Å². The number of aliphatic imine (C=N–C) groups is 1. The van der Waals surface area contributed by atoms with Crippen molar-refractivity contribution in [1.82, 2.24) is 0 Å². The summed E-state index contributed by atoms with van der Waals surface area (Å²) in [6.07, 6.45) is 0. The van der Waals surface area contributed by atoms with Gasteiger partial charge in [0.25, 0.3) is 0 Å². The molecule has 0 spiro atoms. The van der Waals surface area contributed by atoms with Crippen molar-refractivity contribution in [3.8, 4) is 24.3 Å². The Kier molecular flexibility index (Phi) is 21.6. The monoisotopic (exact) mass is 634 g/mol. The summed E-state index contributed by atoms with van der Waals surface area (Å²) >= 11 is 0. The first kappa shape index (κ1) is 40.7. The maximum atomic E-state index is 9.87. The van der Waals surface area contributed by atoms with Gasteiger partial charge in [0.2, 0.25) is 5.90 Å². The molecule has 0 bridgehead atoms. The number of nitrogens with zero attached hydrogens (tertiary/aromatic N) is 5. The van der Waals surface area contributed by atoms with Gasteiger partial charge in [-0.3, -0.25) is 0 Å². The molecule has 203 valence electrons. The Labute approximate surface area is 225 Å². The van der Waals surface area contributed by atoms with Gasteiger partial charge in [-0.1, -0.05) is 48.5 Å². The van der Waals surface area contributed by atoms with Gasteiger partial charge in [-0.05, 0) is 17.7 Å². The van der Waals surface area contributed by atoms with E-state index in [9.17, 15) is 25.2 Å². The van der Waals surface area contributed by atoms with Crippen LogP contribution < -0.4 is 0 Å². The van der Waals surface area contributed by atoms with E-state index in [4.69, 9.17) is 25.8 Å². The number of hydrogen-bond acceptors (Lipinski definition) is 6. The quantitative estimate of drug-likeness (QED) is 0.186. The number of ether oxygens (including phenoxy) is 1. The number of rotatable bonds is 2. The van der Waals surface area contributed by atoms with Gasteiger partial charge in [0.1, 0.15) is 12.6 Å². The molecule has 6 nitrogen and oxygen atoms in total. The minimum absolute atomic E-state index is 0. The second-order valence-corrected chi connectivity index (χ2v) is 7.81. The van der Waals surface area contributed by atoms with E-state index >= 15 is 0 Å². The molecule has 1 aliphatic heterocycles. The van der Waals surface area contributed by atoms with Crippen molar-refractivity contribution in [2.45, 2.75) is 33.7 Å². The van der Waals surface area contributed by atoms with Crippen LogP contribution in [0.4, 0.5) is 25.2 Å². The van der Waals surface area contributed by atoms with Gasteiger partial charge >= 0.3 is 52.5 Å². The van der Waals surface area contributed by atoms with E-state index in [1.54, 1.807) is 24.3 Å². The average molecular weight is 634 g/mol. The molecule has 0 aromatic heterocycles. The Morgan fingerprint density at radius 3 is 1.32 bits per heavy atom. The van der Waals surface area contributed by atoms with Crippen LogP contribution in [0, 0.1) is 45.3 Å². The summed E-state index contributed by atoms with van der Waals surface area (Å²) in [6.45, 7) is 6.36. The third-order valence-corrected chi connectivity index (χ3v) is 2.86. The Morgan fingerprint density at radius 2 is 1.00 bits per heavy atom. The van der Waals surface area contributed by atoms with Crippen LogP contribution in [0.1, 0.15) is 44.9 Å². The normalized spacial score (nSPS) is 13.8. The number of hydrogen-bond donors (Lipinski definition) is 0. The zero-order chi connectivity index (χ0) is 28.7. The first-order valence-corrected chi connectivity index (χ1v) is 11.7. The number of halogens is 6. The Morgan fingerprint density at radius 1 is 0.703 bits per heavy atom. The zero-order valence-electron chi connectivity index (χ0n) is 20.3. The molecule has 0 saturated heterocycles. The predicted molar refractivity (Wildman–Crippen MR) is 127 cm³/mol. The maximum Gasteiger partial charge on any atom is 1.00 e. The van der Waals surface area contributed by atoms with Crippen molar-refractivity contribution in [1.29, 1.82) is 21.0 Å². The van der Waals surface area contributed by atoms with Crippen molar-refractivity contribution in [3.63, 3.8) is 0 Å². The minimum atomic E-state index is -10.7. The van der Waals surface area contributed by atoms with Crippen LogP contribution in [0.5, 0.6) is 0 Å². The van der Waals surface area contributed by atoms with E-state index in [1.165, 1.54) is 33.3 Å². The van der Waals surface area contributed by atoms with Gasteiger partial charge in [-0.25, -0.2) is 4.99 Å². The molecule has 3 rings (SSSR count). The zero-order valence-corrected chi connectivity index (χ0v) is 22.9. The molecule has 0 unspecified atom stereocenters. The predicted octanol–water partition coefficient (Wildman–Crippen LogP) is 8.70. The molecule has 2 aromatic rings. The van der Waals surface area contributed by atoms with Crippen LogP contribution in [0.3, 0.4) is 0 Å². The Hall–Kier alpha value is -3.50. The molecule has 1 aliphatic rings. The molecule has 0 N–H and O–H groups in total. The van der Waals surface area contributed by atoms with Crippen LogP contribution in [-0.2, 0) is 24.2 Å². The van der Waals surface area contributed by atoms with E-state index in [0.717, 1.165) is 11.5 Å². The molecule has 1 atom stereocenters. The van der Waals surface area contributed by atoms with E-state index in [2.05, 4.69) is 17.1 Å². The molecule has 1 radical (unpaired) electrons. The fraction of sp³-hybridized carbons (Fsp3) is 0.261. The summed E-state index contributed by atoms with van der Waals surface area (Å²) in [7, 11) is -10.7. The third kappa shape index (κ3) is 34.7. The van der Waals surface area contributed by atoms with E-state index in [0.29, 0.717) is 6.61 Å². The SMILES string of the molecule is CC#N.CC#N.CC#N.CC#N.F[P-](F)(F)(F)(F)F.[Ru+].c1ccc(C2=N[C@@H](c3ccccc3)CO2)cc1. The largest absolute Gasteiger partial charge is 1.00 e. The van der Waals surface area contributed by atoms with Crippen molar-refractivity contribution in [2.24, 2.45) is 4.99 Å². The second kappa shape index (κ2) is 19.7. The number of benzene rings is 2. The van der Waals surface area contributed by atoms with Gasteiger partial charge < -0.3 is 4.74 Å². The molecule has 14 heteroatoms. The van der Waals surface area contributed by atoms with Gasteiger partial charge in [-0.15, -0.1) is 0 Å². The molecule has 0 aliphatic carbocycles. The maximum absolute atomic E-state index is 10.7.